The lowest BCUT2D eigenvalue weighted by atomic mass is 9.90. The van der Waals surface area contributed by atoms with Crippen LogP contribution in [0.15, 0.2) is 35.7 Å². The minimum atomic E-state index is -0.0923. The third-order valence-corrected chi connectivity index (χ3v) is 6.91. The number of hydrogen-bond acceptors (Lipinski definition) is 3. The largest absolute Gasteiger partial charge is 0.333 e. The molecule has 1 atom stereocenters. The molecule has 2 aromatic rings. The van der Waals surface area contributed by atoms with Crippen LogP contribution in [0.1, 0.15) is 74.6 Å². The summed E-state index contributed by atoms with van der Waals surface area (Å²) in [6, 6.07) is 10.4. The lowest BCUT2D eigenvalue weighted by Crippen LogP contribution is -2.47. The van der Waals surface area contributed by atoms with Gasteiger partial charge in [-0.3, -0.25) is 9.59 Å². The minimum absolute atomic E-state index is 0.0449. The highest BCUT2D eigenvalue weighted by Crippen LogP contribution is 2.39. The zero-order valence-corrected chi connectivity index (χ0v) is 20.4. The number of fused-ring (bicyclic) bond motifs is 1. The standard InChI is InChI=1S/C26H36N2O2S/c1-6-7-14-27(23(29)17-26(3,4)5)18-24(30)28-15-12-22-21(13-16-31-22)25(28)20-11-9-8-10-19(20)2/h8-11,13,16,25H,6-7,12,14-15,17-18H2,1-5H3. The maximum atomic E-state index is 13.6. The molecule has 1 unspecified atom stereocenters. The van der Waals surface area contributed by atoms with E-state index in [9.17, 15) is 9.59 Å². The fraction of sp³-hybridized carbons (Fsp3) is 0.538. The molecule has 2 amide bonds. The van der Waals surface area contributed by atoms with Gasteiger partial charge in [0.1, 0.15) is 0 Å². The van der Waals surface area contributed by atoms with Crippen molar-refractivity contribution in [2.75, 3.05) is 19.6 Å². The van der Waals surface area contributed by atoms with Crippen molar-refractivity contribution < 1.29 is 9.59 Å². The molecule has 0 radical (unpaired) electrons. The zero-order chi connectivity index (χ0) is 22.6. The van der Waals surface area contributed by atoms with Crippen molar-refractivity contribution in [2.45, 2.75) is 66.3 Å². The topological polar surface area (TPSA) is 40.6 Å². The van der Waals surface area contributed by atoms with Gasteiger partial charge in [-0.1, -0.05) is 58.4 Å². The third kappa shape index (κ3) is 5.76. The van der Waals surface area contributed by atoms with E-state index in [1.807, 2.05) is 17.0 Å². The van der Waals surface area contributed by atoms with Gasteiger partial charge in [-0.2, -0.15) is 0 Å². The molecule has 1 aromatic heterocycles. The van der Waals surface area contributed by atoms with E-state index in [0.29, 0.717) is 19.5 Å². The third-order valence-electron chi connectivity index (χ3n) is 5.91. The van der Waals surface area contributed by atoms with Crippen LogP contribution in [0.4, 0.5) is 0 Å². The van der Waals surface area contributed by atoms with Gasteiger partial charge in [0.25, 0.3) is 0 Å². The Hall–Kier alpha value is -2.14. The minimum Gasteiger partial charge on any atom is -0.333 e. The van der Waals surface area contributed by atoms with E-state index in [-0.39, 0.29) is 29.8 Å². The maximum Gasteiger partial charge on any atom is 0.242 e. The molecule has 0 N–H and O–H groups in total. The molecular formula is C26H36N2O2S. The van der Waals surface area contributed by atoms with Crippen molar-refractivity contribution in [3.05, 3.63) is 57.3 Å². The van der Waals surface area contributed by atoms with Crippen molar-refractivity contribution >= 4 is 23.2 Å². The summed E-state index contributed by atoms with van der Waals surface area (Å²) in [6.07, 6.45) is 3.26. The zero-order valence-electron chi connectivity index (χ0n) is 19.6. The number of nitrogens with zero attached hydrogens (tertiary/aromatic N) is 2. The van der Waals surface area contributed by atoms with E-state index in [1.165, 1.54) is 21.6 Å². The van der Waals surface area contributed by atoms with Crippen LogP contribution in [0.5, 0.6) is 0 Å². The van der Waals surface area contributed by atoms with Gasteiger partial charge in [-0.05, 0) is 53.3 Å². The SMILES string of the molecule is CCCCN(CC(=O)N1CCc2sccc2C1c1ccccc1C)C(=O)CC(C)(C)C. The first-order valence-electron chi connectivity index (χ1n) is 11.4. The van der Waals surface area contributed by atoms with Gasteiger partial charge in [0.15, 0.2) is 0 Å². The van der Waals surface area contributed by atoms with Gasteiger partial charge >= 0.3 is 0 Å². The van der Waals surface area contributed by atoms with Crippen molar-refractivity contribution in [3.8, 4) is 0 Å². The number of carbonyl (C=O) groups excluding carboxylic acids is 2. The molecule has 0 fully saturated rings. The van der Waals surface area contributed by atoms with Gasteiger partial charge in [-0.15, -0.1) is 11.3 Å². The predicted molar refractivity (Wildman–Crippen MR) is 128 cm³/mol. The van der Waals surface area contributed by atoms with Crippen molar-refractivity contribution in [1.82, 2.24) is 9.80 Å². The number of unbranched alkanes of at least 4 members (excludes halogenated alkanes) is 1. The second-order valence-electron chi connectivity index (χ2n) is 9.80. The molecule has 1 aliphatic rings. The molecule has 0 spiro atoms. The highest BCUT2D eigenvalue weighted by Gasteiger charge is 2.34. The Kier molecular flexibility index (Phi) is 7.58. The Morgan fingerprint density at radius 3 is 2.58 bits per heavy atom. The number of hydrogen-bond donors (Lipinski definition) is 0. The summed E-state index contributed by atoms with van der Waals surface area (Å²) in [5, 5.41) is 2.13. The summed E-state index contributed by atoms with van der Waals surface area (Å²) in [6.45, 7) is 11.9. The van der Waals surface area contributed by atoms with Crippen LogP contribution in [-0.2, 0) is 16.0 Å². The fourth-order valence-electron chi connectivity index (χ4n) is 4.27. The van der Waals surface area contributed by atoms with Gasteiger partial charge in [0.2, 0.25) is 11.8 Å². The van der Waals surface area contributed by atoms with E-state index >= 15 is 0 Å². The normalized spacial score (nSPS) is 16.2. The van der Waals surface area contributed by atoms with E-state index in [0.717, 1.165) is 19.3 Å². The molecule has 1 aromatic carbocycles. The molecule has 3 rings (SSSR count). The fourth-order valence-corrected chi connectivity index (χ4v) is 5.18. The van der Waals surface area contributed by atoms with Crippen LogP contribution in [0.25, 0.3) is 0 Å². The molecule has 0 bridgehead atoms. The molecular weight excluding hydrogens is 404 g/mol. The highest BCUT2D eigenvalue weighted by molar-refractivity contribution is 7.10. The number of rotatable bonds is 7. The van der Waals surface area contributed by atoms with Crippen LogP contribution in [0.3, 0.4) is 0 Å². The summed E-state index contributed by atoms with van der Waals surface area (Å²) in [5.74, 6) is 0.124. The Labute approximate surface area is 191 Å². The lowest BCUT2D eigenvalue weighted by molar-refractivity contribution is -0.142. The Morgan fingerprint density at radius 1 is 1.16 bits per heavy atom. The second kappa shape index (κ2) is 9.99. The van der Waals surface area contributed by atoms with Gasteiger partial charge in [0.05, 0.1) is 12.6 Å². The van der Waals surface area contributed by atoms with Gasteiger partial charge < -0.3 is 9.80 Å². The molecule has 5 heteroatoms. The van der Waals surface area contributed by atoms with E-state index in [4.69, 9.17) is 0 Å². The lowest BCUT2D eigenvalue weighted by Gasteiger charge is -2.38. The average molecular weight is 441 g/mol. The molecule has 0 saturated carbocycles. The number of carbonyl (C=O) groups is 2. The number of aryl methyl sites for hydroxylation is 1. The quantitative estimate of drug-likeness (QED) is 0.563. The molecule has 0 saturated heterocycles. The van der Waals surface area contributed by atoms with E-state index < -0.39 is 0 Å². The summed E-state index contributed by atoms with van der Waals surface area (Å²) in [5.41, 5.74) is 3.51. The Bertz CT molecular complexity index is 912. The van der Waals surface area contributed by atoms with Crippen LogP contribution in [-0.4, -0.2) is 41.2 Å². The number of amides is 2. The van der Waals surface area contributed by atoms with E-state index in [1.54, 1.807) is 16.2 Å². The highest BCUT2D eigenvalue weighted by atomic mass is 32.1. The molecule has 0 aliphatic carbocycles. The summed E-state index contributed by atoms with van der Waals surface area (Å²) in [7, 11) is 0. The first kappa shape index (κ1) is 23.5. The molecule has 4 nitrogen and oxygen atoms in total. The summed E-state index contributed by atoms with van der Waals surface area (Å²) >= 11 is 1.78. The first-order chi connectivity index (χ1) is 14.7. The first-order valence-corrected chi connectivity index (χ1v) is 12.3. The maximum absolute atomic E-state index is 13.6. The van der Waals surface area contributed by atoms with Crippen LogP contribution >= 0.6 is 11.3 Å². The number of benzene rings is 1. The smallest absolute Gasteiger partial charge is 0.242 e. The van der Waals surface area contributed by atoms with Crippen LogP contribution in [0, 0.1) is 12.3 Å². The monoisotopic (exact) mass is 440 g/mol. The number of thiophene rings is 1. The van der Waals surface area contributed by atoms with Gasteiger partial charge in [-0.25, -0.2) is 0 Å². The average Bonchev–Trinajstić information content (AvgIpc) is 3.18. The van der Waals surface area contributed by atoms with Crippen LogP contribution in [0.2, 0.25) is 0 Å². The Balaban J connectivity index is 1.87. The molecule has 2 heterocycles. The van der Waals surface area contributed by atoms with Crippen LogP contribution < -0.4 is 0 Å². The van der Waals surface area contributed by atoms with Crippen molar-refractivity contribution in [1.29, 1.82) is 0 Å². The summed E-state index contributed by atoms with van der Waals surface area (Å²) < 4.78 is 0. The van der Waals surface area contributed by atoms with Crippen molar-refractivity contribution in [3.63, 3.8) is 0 Å². The molecule has 168 valence electrons. The molecule has 31 heavy (non-hydrogen) atoms. The summed E-state index contributed by atoms with van der Waals surface area (Å²) in [4.78, 5) is 31.8. The predicted octanol–water partition coefficient (Wildman–Crippen LogP) is 5.60. The van der Waals surface area contributed by atoms with Crippen molar-refractivity contribution in [2.24, 2.45) is 5.41 Å². The van der Waals surface area contributed by atoms with Gasteiger partial charge in [0, 0.05) is 24.4 Å². The Morgan fingerprint density at radius 2 is 1.90 bits per heavy atom. The van der Waals surface area contributed by atoms with E-state index in [2.05, 4.69) is 58.2 Å². The molecule has 1 aliphatic heterocycles. The second-order valence-corrected chi connectivity index (χ2v) is 10.8.